The smallest absolute Gasteiger partial charge is 0.184 e. The van der Waals surface area contributed by atoms with Crippen LogP contribution in [0.1, 0.15) is 13.8 Å². The highest BCUT2D eigenvalue weighted by molar-refractivity contribution is 6.19. The number of ketones is 2. The first-order chi connectivity index (χ1) is 7.44. The van der Waals surface area contributed by atoms with Crippen molar-refractivity contribution in [3.05, 3.63) is 49.7 Å². The highest BCUT2D eigenvalue weighted by atomic mass is 16.1. The second-order valence-electron chi connectivity index (χ2n) is 2.58. The van der Waals surface area contributed by atoms with E-state index in [1.54, 1.807) is 18.8 Å². The fraction of sp³-hybridized carbons (Fsp3) is 0.250. The molecule has 0 amide bonds. The summed E-state index contributed by atoms with van der Waals surface area (Å²) >= 11 is 0. The van der Waals surface area contributed by atoms with Crippen molar-refractivity contribution in [3.63, 3.8) is 0 Å². The van der Waals surface area contributed by atoms with Gasteiger partial charge in [-0.25, -0.2) is 0 Å². The predicted octanol–water partition coefficient (Wildman–Crippen LogP) is 2.77. The maximum atomic E-state index is 11.0. The fourth-order valence-corrected chi connectivity index (χ4v) is 0.911. The number of allylic oxidation sites excluding steroid dienone is 4. The van der Waals surface area contributed by atoms with Gasteiger partial charge in [-0.05, 0) is 36.4 Å². The minimum atomic E-state index is -0.0883. The highest BCUT2D eigenvalue weighted by Crippen LogP contribution is 2.10. The van der Waals surface area contributed by atoms with E-state index >= 15 is 0 Å². The highest BCUT2D eigenvalue weighted by Gasteiger charge is 2.13. The minimum Gasteiger partial charge on any atom is -0.373 e. The van der Waals surface area contributed by atoms with Gasteiger partial charge in [-0.15, -0.1) is 5.53 Å². The Bertz CT molecular complexity index is 372. The van der Waals surface area contributed by atoms with Crippen molar-refractivity contribution in [2.45, 2.75) is 13.8 Å². The van der Waals surface area contributed by atoms with E-state index in [4.69, 9.17) is 22.1 Å². The first kappa shape index (κ1) is 15.9. The molecule has 0 aromatic rings. The third-order valence-corrected chi connectivity index (χ3v) is 1.43. The number of carbonyl (C=O) groups excluding carboxylic acids is 2. The lowest BCUT2D eigenvalue weighted by molar-refractivity contribution is -0.115. The van der Waals surface area contributed by atoms with E-state index in [9.17, 15) is 9.59 Å². The van der Waals surface area contributed by atoms with Crippen LogP contribution in [0.25, 0.3) is 26.4 Å². The molecule has 1 aliphatic carbocycles. The molecule has 1 N–H and O–H groups in total. The molecular weight excluding hydrogens is 212 g/mol. The molecule has 8 nitrogen and oxygen atoms in total. The molecule has 0 radical (unpaired) electrons. The summed E-state index contributed by atoms with van der Waals surface area (Å²) in [5.41, 5.74) is 26.8. The molecule has 0 aliphatic heterocycles. The minimum absolute atomic E-state index is 0.0281. The molecular formula is C8H9N6O2-. The van der Waals surface area contributed by atoms with Crippen LogP contribution >= 0.6 is 0 Å². The molecule has 8 heteroatoms. The largest absolute Gasteiger partial charge is 0.373 e. The monoisotopic (exact) mass is 221 g/mol. The number of nitrogens with zero attached hydrogens (tertiary/aromatic N) is 5. The zero-order valence-electron chi connectivity index (χ0n) is 8.71. The molecule has 0 aromatic carbocycles. The molecule has 1 rings (SSSR count). The molecule has 84 valence electrons. The SMILES string of the molecule is CC1=CC(=O)C=C(C)C1=O.[N-]=[N+]=N.[N-]=[N+]=[N-]. The number of nitrogens with one attached hydrogen (secondary N) is 1. The lowest BCUT2D eigenvalue weighted by Crippen LogP contribution is -2.09. The Morgan fingerprint density at radius 1 is 1.06 bits per heavy atom. The number of rotatable bonds is 0. The van der Waals surface area contributed by atoms with E-state index in [1.807, 2.05) is 0 Å². The van der Waals surface area contributed by atoms with Gasteiger partial charge in [0.1, 0.15) is 0 Å². The van der Waals surface area contributed by atoms with Gasteiger partial charge in [-0.3, -0.25) is 14.5 Å². The number of carbonyl (C=O) groups is 2. The van der Waals surface area contributed by atoms with Crippen molar-refractivity contribution in [2.24, 2.45) is 0 Å². The summed E-state index contributed by atoms with van der Waals surface area (Å²) in [4.78, 5) is 25.0. The third kappa shape index (κ3) is 6.90. The van der Waals surface area contributed by atoms with E-state index < -0.39 is 0 Å². The molecule has 0 atom stereocenters. The Kier molecular flexibility index (Phi) is 8.95. The van der Waals surface area contributed by atoms with E-state index in [2.05, 4.69) is 0 Å². The van der Waals surface area contributed by atoms with Crippen molar-refractivity contribution < 1.29 is 9.59 Å². The Hall–Kier alpha value is -2.56. The van der Waals surface area contributed by atoms with Crippen LogP contribution in [0, 0.1) is 5.53 Å². The van der Waals surface area contributed by atoms with Gasteiger partial charge in [0, 0.05) is 11.1 Å². The van der Waals surface area contributed by atoms with Gasteiger partial charge < -0.3 is 11.1 Å². The summed E-state index contributed by atoms with van der Waals surface area (Å²) in [6.07, 6.45) is 2.71. The number of hydrogen-bond donors (Lipinski definition) is 1. The first-order valence-corrected chi connectivity index (χ1v) is 3.89. The Balaban J connectivity index is 0. The lowest BCUT2D eigenvalue weighted by Gasteiger charge is -2.04. The normalized spacial score (nSPS) is 12.6. The standard InChI is InChI=1S/C8H8O2.HN3.N3/c1-5-3-7(9)4-6(2)8(5)10;2*1-3-2/h3-4H,1-2H3;1H;/q;;-1. The molecule has 0 fully saturated rings. The zero-order chi connectivity index (χ0) is 13.1. The van der Waals surface area contributed by atoms with Gasteiger partial charge in [0.05, 0.1) is 0 Å². The van der Waals surface area contributed by atoms with Gasteiger partial charge in [-0.2, -0.15) is 0 Å². The molecule has 0 bridgehead atoms. The van der Waals surface area contributed by atoms with Crippen molar-refractivity contribution in [1.82, 2.24) is 0 Å². The second kappa shape index (κ2) is 9.01. The van der Waals surface area contributed by atoms with Gasteiger partial charge in [0.2, 0.25) is 0 Å². The summed E-state index contributed by atoms with van der Waals surface area (Å²) in [5, 5.41) is 0. The molecule has 0 heterocycles. The third-order valence-electron chi connectivity index (χ3n) is 1.43. The maximum Gasteiger partial charge on any atom is 0.184 e. The van der Waals surface area contributed by atoms with Gasteiger partial charge >= 0.3 is 0 Å². The van der Waals surface area contributed by atoms with E-state index in [-0.39, 0.29) is 11.6 Å². The average molecular weight is 221 g/mol. The van der Waals surface area contributed by atoms with E-state index in [1.165, 1.54) is 17.1 Å². The summed E-state index contributed by atoms with van der Waals surface area (Å²) in [7, 11) is 0. The summed E-state index contributed by atoms with van der Waals surface area (Å²) in [6, 6.07) is 0. The number of hydrogen-bond acceptors (Lipinski definition) is 3. The average Bonchev–Trinajstić information content (AvgIpc) is 2.16. The van der Waals surface area contributed by atoms with Crippen LogP contribution in [0.5, 0.6) is 0 Å². The molecule has 0 saturated heterocycles. The molecule has 0 spiro atoms. The molecule has 0 saturated carbocycles. The quantitative estimate of drug-likeness (QED) is 0.289. The van der Waals surface area contributed by atoms with Gasteiger partial charge in [0.15, 0.2) is 11.6 Å². The number of Topliss-reactive ketones (excluding diaryl/α,β-unsaturated/α-hetero) is 1. The molecule has 0 unspecified atom stereocenters. The predicted molar refractivity (Wildman–Crippen MR) is 57.0 cm³/mol. The zero-order valence-corrected chi connectivity index (χ0v) is 8.71. The van der Waals surface area contributed by atoms with Crippen molar-refractivity contribution in [3.8, 4) is 0 Å². The molecule has 0 aromatic heterocycles. The summed E-state index contributed by atoms with van der Waals surface area (Å²) < 4.78 is 0. The molecule has 16 heavy (non-hydrogen) atoms. The summed E-state index contributed by atoms with van der Waals surface area (Å²) in [6.45, 7) is 3.30. The van der Waals surface area contributed by atoms with Crippen LogP contribution in [-0.2, 0) is 9.59 Å². The summed E-state index contributed by atoms with van der Waals surface area (Å²) in [5.74, 6) is -0.116. The van der Waals surface area contributed by atoms with Crippen LogP contribution in [0.2, 0.25) is 0 Å². The van der Waals surface area contributed by atoms with E-state index in [0.717, 1.165) is 0 Å². The van der Waals surface area contributed by atoms with Crippen molar-refractivity contribution in [2.75, 3.05) is 0 Å². The van der Waals surface area contributed by atoms with Gasteiger partial charge in [-0.1, -0.05) is 0 Å². The van der Waals surface area contributed by atoms with Crippen LogP contribution < -0.4 is 0 Å². The Morgan fingerprint density at radius 2 is 1.31 bits per heavy atom. The second-order valence-corrected chi connectivity index (χ2v) is 2.58. The van der Waals surface area contributed by atoms with Gasteiger partial charge in [0.25, 0.3) is 0 Å². The van der Waals surface area contributed by atoms with Crippen molar-refractivity contribution in [1.29, 1.82) is 5.53 Å². The van der Waals surface area contributed by atoms with Crippen LogP contribution in [0.3, 0.4) is 0 Å². The van der Waals surface area contributed by atoms with Crippen LogP contribution in [0.15, 0.2) is 23.3 Å². The van der Waals surface area contributed by atoms with Crippen LogP contribution in [-0.4, -0.2) is 11.6 Å². The lowest BCUT2D eigenvalue weighted by atomic mass is 9.99. The Labute approximate surface area is 91.1 Å². The van der Waals surface area contributed by atoms with Crippen LogP contribution in [0.4, 0.5) is 0 Å². The van der Waals surface area contributed by atoms with E-state index in [0.29, 0.717) is 11.1 Å². The Morgan fingerprint density at radius 3 is 1.56 bits per heavy atom. The fourth-order valence-electron chi connectivity index (χ4n) is 0.911. The maximum absolute atomic E-state index is 11.0. The van der Waals surface area contributed by atoms with Crippen molar-refractivity contribution >= 4 is 11.6 Å². The first-order valence-electron chi connectivity index (χ1n) is 3.89. The molecule has 1 aliphatic rings. The topological polar surface area (TPSA) is 153 Å².